The summed E-state index contributed by atoms with van der Waals surface area (Å²) < 4.78 is 0. The van der Waals surface area contributed by atoms with Gasteiger partial charge in [0.2, 0.25) is 11.7 Å². The van der Waals surface area contributed by atoms with Gasteiger partial charge in [0.05, 0.1) is 5.69 Å². The number of carbonyl (C=O) groups excluding carboxylic acids is 1. The van der Waals surface area contributed by atoms with Gasteiger partial charge >= 0.3 is 0 Å². The number of benzene rings is 1. The molecule has 4 rings (SSSR count). The van der Waals surface area contributed by atoms with Gasteiger partial charge in [0.25, 0.3) is 0 Å². The molecule has 0 bridgehead atoms. The second-order valence-corrected chi connectivity index (χ2v) is 8.90. The first-order valence-electron chi connectivity index (χ1n) is 10.0. The van der Waals surface area contributed by atoms with E-state index in [0.29, 0.717) is 11.2 Å². The Bertz CT molecular complexity index is 1060. The standard InChI is InChI=1S/C23H24ClN3.CH3NO/c1-14-5-6-16(17-9-10-25-21(12-17)23(2,3)4)11-18(14)20-13-19(15-7-8-15)26-22(24)27-20;2-1-3/h5-6,9-13,15H,7-8H2,1-4H3;1H,(H2,2,3). The number of hydrogen-bond donors (Lipinski definition) is 1. The maximum Gasteiger partial charge on any atom is 0.223 e. The average molecular weight is 423 g/mol. The lowest BCUT2D eigenvalue weighted by atomic mass is 9.89. The first-order chi connectivity index (χ1) is 14.2. The summed E-state index contributed by atoms with van der Waals surface area (Å²) >= 11 is 6.22. The van der Waals surface area contributed by atoms with E-state index >= 15 is 0 Å². The quantitative estimate of drug-likeness (QED) is 0.449. The topological polar surface area (TPSA) is 81.8 Å². The predicted molar refractivity (Wildman–Crippen MR) is 121 cm³/mol. The zero-order chi connectivity index (χ0) is 21.9. The van der Waals surface area contributed by atoms with Gasteiger partial charge < -0.3 is 5.73 Å². The van der Waals surface area contributed by atoms with Crippen LogP contribution in [0.1, 0.15) is 56.5 Å². The van der Waals surface area contributed by atoms with Gasteiger partial charge in [-0.3, -0.25) is 9.78 Å². The monoisotopic (exact) mass is 422 g/mol. The van der Waals surface area contributed by atoms with Crippen molar-refractivity contribution in [2.45, 2.75) is 51.9 Å². The molecule has 1 aromatic carbocycles. The molecule has 156 valence electrons. The summed E-state index contributed by atoms with van der Waals surface area (Å²) in [7, 11) is 0. The highest BCUT2D eigenvalue weighted by Gasteiger charge is 2.26. The van der Waals surface area contributed by atoms with Crippen molar-refractivity contribution in [2.24, 2.45) is 5.73 Å². The molecule has 5 nitrogen and oxygen atoms in total. The minimum Gasteiger partial charge on any atom is -0.372 e. The normalized spacial score (nSPS) is 13.4. The summed E-state index contributed by atoms with van der Waals surface area (Å²) in [4.78, 5) is 22.1. The molecule has 2 heterocycles. The molecule has 0 spiro atoms. The molecule has 1 aliphatic rings. The minimum atomic E-state index is 0.0167. The van der Waals surface area contributed by atoms with E-state index in [1.165, 1.54) is 24.0 Å². The van der Waals surface area contributed by atoms with Crippen molar-refractivity contribution in [1.29, 1.82) is 0 Å². The number of nitrogens with zero attached hydrogens (tertiary/aromatic N) is 3. The van der Waals surface area contributed by atoms with E-state index in [9.17, 15) is 0 Å². The summed E-state index contributed by atoms with van der Waals surface area (Å²) in [6.45, 7) is 8.66. The van der Waals surface area contributed by atoms with Gasteiger partial charge in [0.1, 0.15) is 0 Å². The van der Waals surface area contributed by atoms with Crippen LogP contribution in [0.3, 0.4) is 0 Å². The fraction of sp³-hybridized carbons (Fsp3) is 0.333. The van der Waals surface area contributed by atoms with Crippen LogP contribution < -0.4 is 5.73 Å². The van der Waals surface area contributed by atoms with Gasteiger partial charge in [0.15, 0.2) is 0 Å². The molecule has 0 saturated heterocycles. The Morgan fingerprint density at radius 1 is 1.07 bits per heavy atom. The molecular formula is C24H27ClN4O. The van der Waals surface area contributed by atoms with Crippen LogP contribution in [0.25, 0.3) is 22.4 Å². The smallest absolute Gasteiger partial charge is 0.223 e. The lowest BCUT2D eigenvalue weighted by Crippen LogP contribution is -2.13. The van der Waals surface area contributed by atoms with Crippen LogP contribution in [0.5, 0.6) is 0 Å². The fourth-order valence-corrected chi connectivity index (χ4v) is 3.45. The van der Waals surface area contributed by atoms with Crippen LogP contribution in [-0.2, 0) is 10.2 Å². The van der Waals surface area contributed by atoms with Crippen LogP contribution in [0.15, 0.2) is 42.6 Å². The number of nitrogens with two attached hydrogens (primary N) is 1. The first-order valence-corrected chi connectivity index (χ1v) is 10.4. The number of rotatable bonds is 3. The number of amides is 1. The highest BCUT2D eigenvalue weighted by atomic mass is 35.5. The summed E-state index contributed by atoms with van der Waals surface area (Å²) in [5.74, 6) is 0.544. The Balaban J connectivity index is 0.000000806. The molecule has 0 radical (unpaired) electrons. The summed E-state index contributed by atoms with van der Waals surface area (Å²) in [6, 6.07) is 12.8. The Kier molecular flexibility index (Phi) is 6.52. The highest BCUT2D eigenvalue weighted by molar-refractivity contribution is 6.28. The summed E-state index contributed by atoms with van der Waals surface area (Å²) in [5, 5.41) is 0.332. The third kappa shape index (κ3) is 5.22. The van der Waals surface area contributed by atoms with Crippen molar-refractivity contribution in [1.82, 2.24) is 15.0 Å². The number of hydrogen-bond acceptors (Lipinski definition) is 4. The second-order valence-electron chi connectivity index (χ2n) is 8.57. The molecule has 1 amide bonds. The van der Waals surface area contributed by atoms with Crippen molar-refractivity contribution in [3.63, 3.8) is 0 Å². The minimum absolute atomic E-state index is 0.0167. The van der Waals surface area contributed by atoms with Crippen molar-refractivity contribution in [3.05, 3.63) is 64.8 Å². The van der Waals surface area contributed by atoms with Gasteiger partial charge in [-0.2, -0.15) is 0 Å². The molecule has 3 aromatic rings. The average Bonchev–Trinajstić information content (AvgIpc) is 3.53. The van der Waals surface area contributed by atoms with Gasteiger partial charge in [-0.1, -0.05) is 32.9 Å². The fourth-order valence-electron chi connectivity index (χ4n) is 3.26. The van der Waals surface area contributed by atoms with Gasteiger partial charge in [-0.25, -0.2) is 9.97 Å². The van der Waals surface area contributed by atoms with Crippen molar-refractivity contribution in [3.8, 4) is 22.4 Å². The van der Waals surface area contributed by atoms with Crippen LogP contribution >= 0.6 is 11.6 Å². The maximum absolute atomic E-state index is 8.58. The largest absolute Gasteiger partial charge is 0.372 e. The van der Waals surface area contributed by atoms with E-state index < -0.39 is 0 Å². The van der Waals surface area contributed by atoms with E-state index in [1.807, 2.05) is 6.20 Å². The number of pyridine rings is 1. The van der Waals surface area contributed by atoms with Crippen molar-refractivity contribution < 1.29 is 4.79 Å². The Morgan fingerprint density at radius 3 is 2.37 bits per heavy atom. The highest BCUT2D eigenvalue weighted by Crippen LogP contribution is 2.40. The predicted octanol–water partition coefficient (Wildman–Crippen LogP) is 5.44. The Hall–Kier alpha value is -2.79. The molecule has 0 unspecified atom stereocenters. The Morgan fingerprint density at radius 2 is 1.73 bits per heavy atom. The number of aryl methyl sites for hydroxylation is 1. The van der Waals surface area contributed by atoms with Gasteiger partial charge in [-0.15, -0.1) is 0 Å². The zero-order valence-electron chi connectivity index (χ0n) is 17.8. The molecule has 2 N–H and O–H groups in total. The van der Waals surface area contributed by atoms with Gasteiger partial charge in [-0.05, 0) is 72.3 Å². The molecule has 0 atom stereocenters. The van der Waals surface area contributed by atoms with Crippen molar-refractivity contribution >= 4 is 18.0 Å². The molecule has 2 aromatic heterocycles. The molecule has 30 heavy (non-hydrogen) atoms. The van der Waals surface area contributed by atoms with E-state index in [4.69, 9.17) is 16.4 Å². The van der Waals surface area contributed by atoms with Crippen LogP contribution in [0.4, 0.5) is 0 Å². The molecule has 1 saturated carbocycles. The van der Waals surface area contributed by atoms with Crippen LogP contribution in [-0.4, -0.2) is 21.4 Å². The summed E-state index contributed by atoms with van der Waals surface area (Å²) in [5.41, 5.74) is 11.8. The summed E-state index contributed by atoms with van der Waals surface area (Å²) in [6.07, 6.45) is 4.53. The number of halogens is 1. The van der Waals surface area contributed by atoms with Gasteiger partial charge in [0, 0.05) is 34.5 Å². The van der Waals surface area contributed by atoms with Crippen LogP contribution in [0, 0.1) is 6.92 Å². The van der Waals surface area contributed by atoms with E-state index in [1.54, 1.807) is 0 Å². The van der Waals surface area contributed by atoms with E-state index in [0.717, 1.165) is 28.2 Å². The van der Waals surface area contributed by atoms with Crippen molar-refractivity contribution in [2.75, 3.05) is 0 Å². The molecule has 6 heteroatoms. The second kappa shape index (κ2) is 8.92. The zero-order valence-corrected chi connectivity index (χ0v) is 18.6. The molecule has 1 aliphatic carbocycles. The molecular weight excluding hydrogens is 396 g/mol. The number of carbonyl (C=O) groups is 1. The first kappa shape index (κ1) is 21.9. The third-order valence-electron chi connectivity index (χ3n) is 5.09. The number of aromatic nitrogens is 3. The van der Waals surface area contributed by atoms with E-state index in [2.05, 4.69) is 84.8 Å². The molecule has 0 aliphatic heterocycles. The third-order valence-corrected chi connectivity index (χ3v) is 5.26. The molecule has 1 fully saturated rings. The lowest BCUT2D eigenvalue weighted by molar-refractivity contribution is -0.106. The Labute approximate surface area is 182 Å². The maximum atomic E-state index is 8.58. The SMILES string of the molecule is Cc1ccc(-c2ccnc(C(C)(C)C)c2)cc1-c1cc(C2CC2)nc(Cl)n1.NC=O. The lowest BCUT2D eigenvalue weighted by Gasteiger charge is -2.18. The van der Waals surface area contributed by atoms with Crippen LogP contribution in [0.2, 0.25) is 5.28 Å². The van der Waals surface area contributed by atoms with E-state index in [-0.39, 0.29) is 11.8 Å². The number of primary amides is 1.